The van der Waals surface area contributed by atoms with Gasteiger partial charge in [0, 0.05) is 40.9 Å². The van der Waals surface area contributed by atoms with Crippen molar-refractivity contribution in [3.63, 3.8) is 0 Å². The molecule has 0 spiro atoms. The summed E-state index contributed by atoms with van der Waals surface area (Å²) < 4.78 is 31.7. The van der Waals surface area contributed by atoms with Crippen molar-refractivity contribution < 1.29 is 18.1 Å². The fourth-order valence-electron chi connectivity index (χ4n) is 3.91. The van der Waals surface area contributed by atoms with Gasteiger partial charge in [-0.1, -0.05) is 0 Å². The van der Waals surface area contributed by atoms with Crippen LogP contribution in [0.5, 0.6) is 0 Å². The monoisotopic (exact) mass is 353 g/mol. The number of rotatable bonds is 3. The Balaban J connectivity index is 1.59. The molecule has 3 aliphatic rings. The Hall–Kier alpha value is -1.67. The second kappa shape index (κ2) is 6.00. The summed E-state index contributed by atoms with van der Waals surface area (Å²) in [4.78, 5) is 15.4. The highest BCUT2D eigenvalue weighted by atomic mass is 32.2. The Bertz CT molecular complexity index is 685. The Morgan fingerprint density at radius 2 is 2.00 bits per heavy atom. The minimum atomic E-state index is -0.801. The molecule has 8 heteroatoms. The molecule has 1 aromatic rings. The van der Waals surface area contributed by atoms with Crippen LogP contribution in [0.25, 0.3) is 0 Å². The first-order valence-corrected chi connectivity index (χ1v) is 9.66. The first kappa shape index (κ1) is 15.8. The van der Waals surface area contributed by atoms with Gasteiger partial charge in [0.15, 0.2) is 0 Å². The number of anilines is 2. The first-order chi connectivity index (χ1) is 11.6. The minimum Gasteiger partial charge on any atom is -0.443 e. The van der Waals surface area contributed by atoms with Gasteiger partial charge < -0.3 is 15.4 Å². The molecule has 0 aromatic heterocycles. The largest absolute Gasteiger partial charge is 0.443 e. The third-order valence-electron chi connectivity index (χ3n) is 5.03. The predicted octanol–water partition coefficient (Wildman–Crippen LogP) is 1.21. The zero-order valence-electron chi connectivity index (χ0n) is 13.2. The van der Waals surface area contributed by atoms with E-state index in [1.54, 1.807) is 12.1 Å². The lowest BCUT2D eigenvalue weighted by Crippen LogP contribution is -2.47. The van der Waals surface area contributed by atoms with Crippen LogP contribution in [-0.2, 0) is 15.5 Å². The topological polar surface area (TPSA) is 75.9 Å². The number of halogens is 1. The van der Waals surface area contributed by atoms with E-state index in [-0.39, 0.29) is 30.5 Å². The number of nitrogens with two attached hydrogens (primary N) is 1. The number of fused-ring (bicyclic) bond motifs is 2. The molecular formula is C16H20FN3O3S. The van der Waals surface area contributed by atoms with Gasteiger partial charge in [-0.25, -0.2) is 9.18 Å². The average Bonchev–Trinajstić information content (AvgIpc) is 3.05. The van der Waals surface area contributed by atoms with E-state index in [9.17, 15) is 13.4 Å². The number of benzene rings is 1. The fraction of sp³-hybridized carbons (Fsp3) is 0.562. The van der Waals surface area contributed by atoms with Gasteiger partial charge in [-0.15, -0.1) is 0 Å². The van der Waals surface area contributed by atoms with E-state index in [4.69, 9.17) is 10.5 Å². The predicted molar refractivity (Wildman–Crippen MR) is 90.2 cm³/mol. The number of hydrogen-bond acceptors (Lipinski definition) is 5. The Kier molecular flexibility index (Phi) is 3.96. The highest BCUT2D eigenvalue weighted by molar-refractivity contribution is 7.85. The second-order valence-corrected chi connectivity index (χ2v) is 8.10. The van der Waals surface area contributed by atoms with Crippen molar-refractivity contribution in [1.29, 1.82) is 0 Å². The van der Waals surface area contributed by atoms with E-state index in [1.807, 2.05) is 0 Å². The van der Waals surface area contributed by atoms with E-state index in [2.05, 4.69) is 4.90 Å². The van der Waals surface area contributed by atoms with Gasteiger partial charge >= 0.3 is 6.09 Å². The molecule has 0 radical (unpaired) electrons. The van der Waals surface area contributed by atoms with Crippen molar-refractivity contribution in [3.8, 4) is 0 Å². The summed E-state index contributed by atoms with van der Waals surface area (Å²) in [5.41, 5.74) is 6.54. The Morgan fingerprint density at radius 3 is 2.58 bits per heavy atom. The number of carbonyl (C=O) groups is 1. The number of carbonyl (C=O) groups excluding carboxylic acids is 1. The van der Waals surface area contributed by atoms with Gasteiger partial charge in [-0.05, 0) is 31.0 Å². The van der Waals surface area contributed by atoms with Crippen LogP contribution < -0.4 is 15.5 Å². The summed E-state index contributed by atoms with van der Waals surface area (Å²) in [6.07, 6.45) is 1.06. The number of amides is 1. The molecule has 1 aromatic carbocycles. The summed E-state index contributed by atoms with van der Waals surface area (Å²) in [5.74, 6) is 0.851. The van der Waals surface area contributed by atoms with Crippen molar-refractivity contribution in [1.82, 2.24) is 0 Å². The van der Waals surface area contributed by atoms with Gasteiger partial charge in [0.1, 0.15) is 11.9 Å². The molecule has 0 saturated carbocycles. The molecule has 6 nitrogen and oxygen atoms in total. The van der Waals surface area contributed by atoms with Gasteiger partial charge in [0.2, 0.25) is 0 Å². The summed E-state index contributed by atoms with van der Waals surface area (Å²) in [5, 5.41) is 0. The molecule has 2 unspecified atom stereocenters. The average molecular weight is 353 g/mol. The van der Waals surface area contributed by atoms with Crippen LogP contribution in [0.2, 0.25) is 0 Å². The lowest BCUT2D eigenvalue weighted by molar-refractivity contribution is 0.145. The lowest BCUT2D eigenvalue weighted by Gasteiger charge is -2.36. The Morgan fingerprint density at radius 1 is 1.29 bits per heavy atom. The van der Waals surface area contributed by atoms with E-state index in [0.717, 1.165) is 12.8 Å². The summed E-state index contributed by atoms with van der Waals surface area (Å²) in [7, 11) is -0.801. The maximum Gasteiger partial charge on any atom is 0.414 e. The quantitative estimate of drug-likeness (QED) is 0.884. The zero-order valence-corrected chi connectivity index (χ0v) is 14.0. The fourth-order valence-corrected chi connectivity index (χ4v) is 5.56. The van der Waals surface area contributed by atoms with Crippen LogP contribution >= 0.6 is 0 Å². The van der Waals surface area contributed by atoms with E-state index in [1.165, 1.54) is 11.0 Å². The normalized spacial score (nSPS) is 32.3. The van der Waals surface area contributed by atoms with Crippen molar-refractivity contribution in [2.45, 2.75) is 31.0 Å². The molecular weight excluding hydrogens is 333 g/mol. The zero-order chi connectivity index (χ0) is 16.8. The minimum absolute atomic E-state index is 0.142. The molecule has 0 aliphatic carbocycles. The summed E-state index contributed by atoms with van der Waals surface area (Å²) in [6, 6.07) is 5.11. The molecule has 1 amide bonds. The smallest absolute Gasteiger partial charge is 0.414 e. The van der Waals surface area contributed by atoms with Gasteiger partial charge in [0.25, 0.3) is 0 Å². The maximum atomic E-state index is 14.7. The van der Waals surface area contributed by atoms with Crippen molar-refractivity contribution in [2.75, 3.05) is 34.4 Å². The molecule has 2 N–H and O–H groups in total. The molecule has 2 bridgehead atoms. The third-order valence-corrected chi connectivity index (χ3v) is 6.55. The van der Waals surface area contributed by atoms with Crippen LogP contribution in [0, 0.1) is 5.82 Å². The van der Waals surface area contributed by atoms with Crippen LogP contribution in [0.1, 0.15) is 12.8 Å². The van der Waals surface area contributed by atoms with Crippen LogP contribution in [0.15, 0.2) is 18.2 Å². The summed E-state index contributed by atoms with van der Waals surface area (Å²) in [6.45, 7) is 0.582. The van der Waals surface area contributed by atoms with E-state index in [0.29, 0.717) is 29.4 Å². The van der Waals surface area contributed by atoms with Gasteiger partial charge in [0.05, 0.1) is 17.9 Å². The van der Waals surface area contributed by atoms with Crippen molar-refractivity contribution in [3.05, 3.63) is 24.0 Å². The second-order valence-electron chi connectivity index (χ2n) is 6.55. The molecule has 3 atom stereocenters. The molecule has 3 saturated heterocycles. The first-order valence-electron chi connectivity index (χ1n) is 8.18. The van der Waals surface area contributed by atoms with Crippen molar-refractivity contribution in [2.24, 2.45) is 5.73 Å². The number of hydrogen-bond donors (Lipinski definition) is 1. The van der Waals surface area contributed by atoms with E-state index < -0.39 is 16.9 Å². The maximum absolute atomic E-state index is 14.7. The standard InChI is InChI=1S/C16H20FN3O3S/c17-14-5-10(19-7-13(6-18)23-16(19)21)3-4-15(14)20-11-1-2-12(20)9-24(22)8-11/h3-5,11-13H,1-2,6-9,18H2/t11?,12?,13-,24?/m0/s1. The number of nitrogens with zero attached hydrogens (tertiary/aromatic N) is 2. The van der Waals surface area contributed by atoms with Crippen molar-refractivity contribution >= 4 is 28.3 Å². The molecule has 3 heterocycles. The van der Waals surface area contributed by atoms with Crippen LogP contribution in [-0.4, -0.2) is 53.1 Å². The molecule has 3 aliphatic heterocycles. The number of cyclic esters (lactones) is 1. The van der Waals surface area contributed by atoms with Gasteiger partial charge in [-0.2, -0.15) is 0 Å². The molecule has 4 rings (SSSR count). The number of ether oxygens (including phenoxy) is 1. The summed E-state index contributed by atoms with van der Waals surface area (Å²) >= 11 is 0. The molecule has 3 fully saturated rings. The third kappa shape index (κ3) is 2.57. The van der Waals surface area contributed by atoms with Crippen LogP contribution in [0.3, 0.4) is 0 Å². The lowest BCUT2D eigenvalue weighted by atomic mass is 10.2. The highest BCUT2D eigenvalue weighted by Crippen LogP contribution is 2.37. The Labute approximate surface area is 142 Å². The van der Waals surface area contributed by atoms with Gasteiger partial charge in [-0.3, -0.25) is 9.11 Å². The van der Waals surface area contributed by atoms with Crippen LogP contribution in [0.4, 0.5) is 20.6 Å². The molecule has 130 valence electrons. The highest BCUT2D eigenvalue weighted by Gasteiger charge is 2.41. The molecule has 24 heavy (non-hydrogen) atoms. The SMILES string of the molecule is NC[C@H]1CN(c2ccc(N3C4CCC3CS(=O)C4)c(F)c2)C(=O)O1. The van der Waals surface area contributed by atoms with E-state index >= 15 is 0 Å².